The molecule has 1 aromatic carbocycles. The zero-order chi connectivity index (χ0) is 17.6. The van der Waals surface area contributed by atoms with Gasteiger partial charge < -0.3 is 14.8 Å². The Hall–Kier alpha value is -1.76. The van der Waals surface area contributed by atoms with Crippen molar-refractivity contribution in [3.63, 3.8) is 0 Å². The molecule has 0 unspecified atom stereocenters. The SMILES string of the molecule is CC1(C)Cc2cccc(OCC(=O)N[C@]3(C)CCS(=O)(=O)C3)c2O1. The minimum Gasteiger partial charge on any atom is -0.483 e. The normalized spacial score (nSPS) is 26.5. The van der Waals surface area contributed by atoms with Crippen LogP contribution in [0.2, 0.25) is 0 Å². The van der Waals surface area contributed by atoms with Crippen molar-refractivity contribution in [3.05, 3.63) is 23.8 Å². The van der Waals surface area contributed by atoms with E-state index in [1.165, 1.54) is 0 Å². The summed E-state index contributed by atoms with van der Waals surface area (Å²) in [6.45, 7) is 5.59. The lowest BCUT2D eigenvalue weighted by atomic mass is 10.0. The summed E-state index contributed by atoms with van der Waals surface area (Å²) in [6.07, 6.45) is 1.22. The van der Waals surface area contributed by atoms with Crippen LogP contribution in [0.4, 0.5) is 0 Å². The number of carbonyl (C=O) groups excluding carboxylic acids is 1. The highest BCUT2D eigenvalue weighted by atomic mass is 32.2. The number of sulfone groups is 1. The Morgan fingerprint density at radius 2 is 2.08 bits per heavy atom. The molecule has 1 fully saturated rings. The van der Waals surface area contributed by atoms with Gasteiger partial charge in [0.1, 0.15) is 5.60 Å². The van der Waals surface area contributed by atoms with Crippen LogP contribution in [0.15, 0.2) is 18.2 Å². The molecule has 2 aliphatic heterocycles. The van der Waals surface area contributed by atoms with Gasteiger partial charge in [-0.25, -0.2) is 8.42 Å². The third-order valence-corrected chi connectivity index (χ3v) is 6.26. The third-order valence-electron chi connectivity index (χ3n) is 4.36. The predicted octanol–water partition coefficient (Wildman–Crippen LogP) is 1.47. The lowest BCUT2D eigenvalue weighted by Crippen LogP contribution is -2.48. The number of para-hydroxylation sites is 1. The second-order valence-electron chi connectivity index (χ2n) is 7.52. The predicted molar refractivity (Wildman–Crippen MR) is 90.2 cm³/mol. The fourth-order valence-corrected chi connectivity index (χ4v) is 5.42. The van der Waals surface area contributed by atoms with Crippen molar-refractivity contribution >= 4 is 15.7 Å². The first-order valence-corrected chi connectivity index (χ1v) is 9.85. The van der Waals surface area contributed by atoms with Crippen LogP contribution in [0.3, 0.4) is 0 Å². The van der Waals surface area contributed by atoms with E-state index in [9.17, 15) is 13.2 Å². The number of ether oxygens (including phenoxy) is 2. The quantitative estimate of drug-likeness (QED) is 0.886. The van der Waals surface area contributed by atoms with Gasteiger partial charge in [0, 0.05) is 12.0 Å². The molecule has 1 N–H and O–H groups in total. The fraction of sp³-hybridized carbons (Fsp3) is 0.588. The average molecular weight is 353 g/mol. The number of amides is 1. The molecule has 0 spiro atoms. The lowest BCUT2D eigenvalue weighted by molar-refractivity contribution is -0.124. The molecule has 132 valence electrons. The van der Waals surface area contributed by atoms with E-state index in [1.807, 2.05) is 26.0 Å². The van der Waals surface area contributed by atoms with Crippen LogP contribution in [0.25, 0.3) is 0 Å². The minimum absolute atomic E-state index is 0.0240. The van der Waals surface area contributed by atoms with Gasteiger partial charge in [-0.05, 0) is 33.3 Å². The number of nitrogens with one attached hydrogen (secondary N) is 1. The van der Waals surface area contributed by atoms with E-state index in [-0.39, 0.29) is 29.6 Å². The summed E-state index contributed by atoms with van der Waals surface area (Å²) in [6, 6.07) is 5.64. The molecule has 0 bridgehead atoms. The number of hydrogen-bond acceptors (Lipinski definition) is 5. The van der Waals surface area contributed by atoms with Gasteiger partial charge in [-0.1, -0.05) is 12.1 Å². The van der Waals surface area contributed by atoms with Crippen molar-refractivity contribution in [2.75, 3.05) is 18.1 Å². The first-order valence-electron chi connectivity index (χ1n) is 8.03. The molecule has 24 heavy (non-hydrogen) atoms. The average Bonchev–Trinajstić information content (AvgIpc) is 2.90. The molecule has 0 radical (unpaired) electrons. The minimum atomic E-state index is -3.06. The Labute approximate surface area is 142 Å². The Balaban J connectivity index is 1.62. The maximum absolute atomic E-state index is 12.1. The van der Waals surface area contributed by atoms with Crippen molar-refractivity contribution in [2.45, 2.75) is 44.8 Å². The summed E-state index contributed by atoms with van der Waals surface area (Å²) in [5.74, 6) is 0.982. The maximum atomic E-state index is 12.1. The number of benzene rings is 1. The van der Waals surface area contributed by atoms with E-state index in [0.29, 0.717) is 17.9 Å². The molecule has 1 saturated heterocycles. The van der Waals surface area contributed by atoms with Gasteiger partial charge in [-0.3, -0.25) is 4.79 Å². The molecule has 1 aromatic rings. The summed E-state index contributed by atoms with van der Waals surface area (Å²) in [4.78, 5) is 12.1. The highest BCUT2D eigenvalue weighted by Crippen LogP contribution is 2.41. The van der Waals surface area contributed by atoms with Gasteiger partial charge in [0.15, 0.2) is 27.9 Å². The van der Waals surface area contributed by atoms with Gasteiger partial charge in [0.25, 0.3) is 5.91 Å². The summed E-state index contributed by atoms with van der Waals surface area (Å²) < 4.78 is 34.7. The maximum Gasteiger partial charge on any atom is 0.258 e. The van der Waals surface area contributed by atoms with Crippen molar-refractivity contribution < 1.29 is 22.7 Å². The van der Waals surface area contributed by atoms with Gasteiger partial charge in [0.05, 0.1) is 17.0 Å². The van der Waals surface area contributed by atoms with Crippen molar-refractivity contribution in [1.29, 1.82) is 0 Å². The first kappa shape index (κ1) is 17.1. The Morgan fingerprint density at radius 3 is 2.75 bits per heavy atom. The monoisotopic (exact) mass is 353 g/mol. The van der Waals surface area contributed by atoms with Crippen LogP contribution in [0.5, 0.6) is 11.5 Å². The lowest BCUT2D eigenvalue weighted by Gasteiger charge is -2.24. The fourth-order valence-electron chi connectivity index (χ4n) is 3.33. The van der Waals surface area contributed by atoms with Crippen molar-refractivity contribution in [3.8, 4) is 11.5 Å². The molecular formula is C17H23NO5S. The molecular weight excluding hydrogens is 330 g/mol. The summed E-state index contributed by atoms with van der Waals surface area (Å²) >= 11 is 0. The van der Waals surface area contributed by atoms with E-state index >= 15 is 0 Å². The molecule has 0 saturated carbocycles. The zero-order valence-electron chi connectivity index (χ0n) is 14.2. The molecule has 6 nitrogen and oxygen atoms in total. The molecule has 1 amide bonds. The number of fused-ring (bicyclic) bond motifs is 1. The van der Waals surface area contributed by atoms with Gasteiger partial charge >= 0.3 is 0 Å². The zero-order valence-corrected chi connectivity index (χ0v) is 15.0. The smallest absolute Gasteiger partial charge is 0.258 e. The topological polar surface area (TPSA) is 81.7 Å². The first-order chi connectivity index (χ1) is 11.1. The second-order valence-corrected chi connectivity index (χ2v) is 9.71. The summed E-state index contributed by atoms with van der Waals surface area (Å²) in [5, 5.41) is 2.78. The number of carbonyl (C=O) groups is 1. The van der Waals surface area contributed by atoms with Gasteiger partial charge in [-0.15, -0.1) is 0 Å². The molecule has 0 aromatic heterocycles. The van der Waals surface area contributed by atoms with Crippen LogP contribution in [-0.4, -0.2) is 43.6 Å². The summed E-state index contributed by atoms with van der Waals surface area (Å²) in [7, 11) is -3.06. The highest BCUT2D eigenvalue weighted by molar-refractivity contribution is 7.91. The Morgan fingerprint density at radius 1 is 1.33 bits per heavy atom. The molecule has 2 aliphatic rings. The second kappa shape index (κ2) is 5.65. The number of rotatable bonds is 4. The van der Waals surface area contributed by atoms with Crippen LogP contribution in [0, 0.1) is 0 Å². The van der Waals surface area contributed by atoms with E-state index in [1.54, 1.807) is 13.0 Å². The van der Waals surface area contributed by atoms with E-state index in [0.717, 1.165) is 12.0 Å². The van der Waals surface area contributed by atoms with Gasteiger partial charge in [-0.2, -0.15) is 0 Å². The molecule has 7 heteroatoms. The molecule has 3 rings (SSSR count). The standard InChI is InChI=1S/C17H23NO5S/c1-16(2)9-12-5-4-6-13(15(12)23-16)22-10-14(19)18-17(3)7-8-24(20,21)11-17/h4-6H,7-11H2,1-3H3,(H,18,19)/t17-/m1/s1. The van der Waals surface area contributed by atoms with Crippen LogP contribution in [-0.2, 0) is 21.1 Å². The van der Waals surface area contributed by atoms with Crippen LogP contribution >= 0.6 is 0 Å². The molecule has 2 heterocycles. The Bertz CT molecular complexity index is 771. The van der Waals surface area contributed by atoms with E-state index < -0.39 is 15.4 Å². The molecule has 1 atom stereocenters. The van der Waals surface area contributed by atoms with E-state index in [4.69, 9.17) is 9.47 Å². The molecule has 0 aliphatic carbocycles. The van der Waals surface area contributed by atoms with Crippen LogP contribution < -0.4 is 14.8 Å². The summed E-state index contributed by atoms with van der Waals surface area (Å²) in [5.41, 5.74) is 0.0679. The van der Waals surface area contributed by atoms with Crippen molar-refractivity contribution in [2.24, 2.45) is 0 Å². The largest absolute Gasteiger partial charge is 0.483 e. The van der Waals surface area contributed by atoms with Gasteiger partial charge in [0.2, 0.25) is 0 Å². The van der Waals surface area contributed by atoms with E-state index in [2.05, 4.69) is 5.32 Å². The third kappa shape index (κ3) is 3.66. The number of hydrogen-bond donors (Lipinski definition) is 1. The Kier molecular flexibility index (Phi) is 4.02. The highest BCUT2D eigenvalue weighted by Gasteiger charge is 2.39. The van der Waals surface area contributed by atoms with Crippen LogP contribution in [0.1, 0.15) is 32.8 Å². The van der Waals surface area contributed by atoms with Crippen molar-refractivity contribution in [1.82, 2.24) is 5.32 Å².